The van der Waals surface area contributed by atoms with Crippen LogP contribution < -0.4 is 0 Å². The van der Waals surface area contributed by atoms with Gasteiger partial charge in [0.1, 0.15) is 0 Å². The van der Waals surface area contributed by atoms with Gasteiger partial charge >= 0.3 is 0 Å². The minimum absolute atomic E-state index is 0.305. The Kier molecular flexibility index (Phi) is 18.2. The van der Waals surface area contributed by atoms with Gasteiger partial charge in [-0.2, -0.15) is 0 Å². The normalized spacial score (nSPS) is 14.3. The van der Waals surface area contributed by atoms with E-state index in [1.807, 2.05) is 0 Å². The number of hydrogen-bond acceptors (Lipinski definition) is 2. The van der Waals surface area contributed by atoms with E-state index < -0.39 is 0 Å². The van der Waals surface area contributed by atoms with Gasteiger partial charge in [-0.1, -0.05) is 84.5 Å². The largest absolute Gasteiger partial charge is 0.375 e. The van der Waals surface area contributed by atoms with Gasteiger partial charge in [0, 0.05) is 0 Å². The lowest BCUT2D eigenvalue weighted by molar-refractivity contribution is -0.0609. The molecule has 0 spiro atoms. The minimum Gasteiger partial charge on any atom is -0.375 e. The molecule has 0 aromatic carbocycles. The van der Waals surface area contributed by atoms with Crippen LogP contribution in [0.25, 0.3) is 0 Å². The highest BCUT2D eigenvalue weighted by atomic mass is 16.5. The quantitative estimate of drug-likeness (QED) is 0.215. The summed E-state index contributed by atoms with van der Waals surface area (Å²) in [5.74, 6) is 0. The summed E-state index contributed by atoms with van der Waals surface area (Å²) >= 11 is 0. The predicted molar refractivity (Wildman–Crippen MR) is 116 cm³/mol. The molecule has 0 rings (SSSR count). The molecule has 0 aliphatic rings. The molecular weight excluding hydrogens is 320 g/mol. The molecule has 26 heavy (non-hydrogen) atoms. The lowest BCUT2D eigenvalue weighted by Gasteiger charge is -2.27. The molecule has 0 aromatic rings. The first kappa shape index (κ1) is 25.9. The Labute approximate surface area is 165 Å². The fourth-order valence-electron chi connectivity index (χ4n) is 3.65. The Balaban J connectivity index is 3.95. The molecule has 0 fully saturated rings. The number of hydrogen-bond donors (Lipinski definition) is 0. The molecule has 0 aromatic heterocycles. The van der Waals surface area contributed by atoms with Gasteiger partial charge in [0.15, 0.2) is 0 Å². The van der Waals surface area contributed by atoms with E-state index in [0.717, 1.165) is 19.3 Å². The van der Waals surface area contributed by atoms with Crippen LogP contribution in [0.5, 0.6) is 0 Å². The topological polar surface area (TPSA) is 18.5 Å². The molecule has 2 unspecified atom stereocenters. The third-order valence-corrected chi connectivity index (χ3v) is 4.84. The van der Waals surface area contributed by atoms with Crippen LogP contribution in [0, 0.1) is 6.92 Å². The summed E-state index contributed by atoms with van der Waals surface area (Å²) in [6, 6.07) is 0. The van der Waals surface area contributed by atoms with Crippen LogP contribution in [-0.2, 0) is 9.47 Å². The van der Waals surface area contributed by atoms with E-state index in [-0.39, 0.29) is 0 Å². The monoisotopic (exact) mass is 369 g/mol. The molecule has 0 aliphatic heterocycles. The summed E-state index contributed by atoms with van der Waals surface area (Å²) in [7, 11) is 0. The van der Waals surface area contributed by atoms with Crippen molar-refractivity contribution in [1.82, 2.24) is 0 Å². The van der Waals surface area contributed by atoms with Crippen molar-refractivity contribution in [2.24, 2.45) is 0 Å². The van der Waals surface area contributed by atoms with Crippen LogP contribution in [0.1, 0.15) is 125 Å². The van der Waals surface area contributed by atoms with Crippen LogP contribution in [0.3, 0.4) is 0 Å². The molecule has 0 saturated heterocycles. The average molecular weight is 370 g/mol. The number of ether oxygens (including phenoxy) is 2. The van der Waals surface area contributed by atoms with Crippen LogP contribution in [0.4, 0.5) is 0 Å². The molecule has 2 nitrogen and oxygen atoms in total. The third-order valence-electron chi connectivity index (χ3n) is 4.84. The van der Waals surface area contributed by atoms with Gasteiger partial charge in [-0.15, -0.1) is 0 Å². The average Bonchev–Trinajstić information content (AvgIpc) is 2.55. The van der Waals surface area contributed by atoms with E-state index in [1.54, 1.807) is 0 Å². The molecule has 0 heterocycles. The molecular formula is C24H49O2. The first-order chi connectivity index (χ1) is 12.5. The Bertz CT molecular complexity index is 275. The maximum atomic E-state index is 6.21. The third kappa shape index (κ3) is 17.3. The summed E-state index contributed by atoms with van der Waals surface area (Å²) in [5, 5.41) is 0. The summed E-state index contributed by atoms with van der Waals surface area (Å²) in [6.45, 7) is 14.7. The van der Waals surface area contributed by atoms with Gasteiger partial charge in [-0.3, -0.25) is 0 Å². The Morgan fingerprint density at radius 3 is 1.46 bits per heavy atom. The standard InChI is InChI=1S/C24H49O2/c1-7-9-10-11-12-13-14-15-16-17-19-24(26-22(5)6)20-23(18-8-2)25-21(3)4/h21-24H,1,7-20H2,2-6H3. The summed E-state index contributed by atoms with van der Waals surface area (Å²) in [6.07, 6.45) is 19.3. The van der Waals surface area contributed by atoms with E-state index >= 15 is 0 Å². The van der Waals surface area contributed by atoms with E-state index in [2.05, 4.69) is 41.5 Å². The highest BCUT2D eigenvalue weighted by Gasteiger charge is 2.19. The SMILES string of the molecule is [CH2]CCCCCCCCCCCC(CC(CCC)OC(C)C)OC(C)C. The van der Waals surface area contributed by atoms with Gasteiger partial charge in [0.2, 0.25) is 0 Å². The van der Waals surface area contributed by atoms with Crippen LogP contribution in [-0.4, -0.2) is 24.4 Å². The molecule has 1 radical (unpaired) electrons. The zero-order valence-corrected chi connectivity index (χ0v) is 18.7. The van der Waals surface area contributed by atoms with Crippen molar-refractivity contribution in [1.29, 1.82) is 0 Å². The summed E-state index contributed by atoms with van der Waals surface area (Å²) in [5.41, 5.74) is 0. The van der Waals surface area contributed by atoms with E-state index in [9.17, 15) is 0 Å². The number of rotatable bonds is 19. The van der Waals surface area contributed by atoms with Crippen LogP contribution >= 0.6 is 0 Å². The molecule has 157 valence electrons. The molecule has 0 N–H and O–H groups in total. The fourth-order valence-corrected chi connectivity index (χ4v) is 3.65. The Morgan fingerprint density at radius 1 is 0.615 bits per heavy atom. The van der Waals surface area contributed by atoms with Crippen molar-refractivity contribution in [3.63, 3.8) is 0 Å². The van der Waals surface area contributed by atoms with Gasteiger partial charge in [-0.05, 0) is 47.0 Å². The molecule has 0 saturated carbocycles. The van der Waals surface area contributed by atoms with Gasteiger partial charge < -0.3 is 9.47 Å². The van der Waals surface area contributed by atoms with Gasteiger partial charge in [0.05, 0.1) is 24.4 Å². The molecule has 2 atom stereocenters. The summed E-state index contributed by atoms with van der Waals surface area (Å²) < 4.78 is 12.3. The van der Waals surface area contributed by atoms with Gasteiger partial charge in [-0.25, -0.2) is 0 Å². The second-order valence-electron chi connectivity index (χ2n) is 8.46. The van der Waals surface area contributed by atoms with Crippen molar-refractivity contribution in [3.05, 3.63) is 6.92 Å². The fraction of sp³-hybridized carbons (Fsp3) is 0.958. The van der Waals surface area contributed by atoms with Crippen molar-refractivity contribution in [2.45, 2.75) is 149 Å². The van der Waals surface area contributed by atoms with E-state index in [4.69, 9.17) is 9.47 Å². The smallest absolute Gasteiger partial charge is 0.0603 e. The van der Waals surface area contributed by atoms with Crippen LogP contribution in [0.15, 0.2) is 0 Å². The molecule has 0 bridgehead atoms. The van der Waals surface area contributed by atoms with Gasteiger partial charge in [0.25, 0.3) is 0 Å². The first-order valence-corrected chi connectivity index (χ1v) is 11.6. The highest BCUT2D eigenvalue weighted by Crippen LogP contribution is 2.20. The Hall–Kier alpha value is -0.0800. The predicted octanol–water partition coefficient (Wildman–Crippen LogP) is 7.89. The Morgan fingerprint density at radius 2 is 1.04 bits per heavy atom. The zero-order chi connectivity index (χ0) is 19.6. The van der Waals surface area contributed by atoms with Crippen molar-refractivity contribution in [2.75, 3.05) is 0 Å². The minimum atomic E-state index is 0.305. The maximum Gasteiger partial charge on any atom is 0.0603 e. The number of unbranched alkanes of at least 4 members (excludes halogenated alkanes) is 9. The maximum absolute atomic E-state index is 6.21. The first-order valence-electron chi connectivity index (χ1n) is 11.6. The zero-order valence-electron chi connectivity index (χ0n) is 18.7. The van der Waals surface area contributed by atoms with E-state index in [0.29, 0.717) is 24.4 Å². The molecule has 0 aliphatic carbocycles. The second-order valence-corrected chi connectivity index (χ2v) is 8.46. The van der Waals surface area contributed by atoms with Crippen molar-refractivity contribution < 1.29 is 9.47 Å². The van der Waals surface area contributed by atoms with Crippen molar-refractivity contribution >= 4 is 0 Å². The lowest BCUT2D eigenvalue weighted by Crippen LogP contribution is -2.27. The molecule has 0 amide bonds. The summed E-state index contributed by atoms with van der Waals surface area (Å²) in [4.78, 5) is 0. The van der Waals surface area contributed by atoms with Crippen LogP contribution in [0.2, 0.25) is 0 Å². The van der Waals surface area contributed by atoms with E-state index in [1.165, 1.54) is 70.6 Å². The molecule has 2 heteroatoms. The highest BCUT2D eigenvalue weighted by molar-refractivity contribution is 4.69. The lowest BCUT2D eigenvalue weighted by atomic mass is 10.0. The second kappa shape index (κ2) is 18.3. The van der Waals surface area contributed by atoms with Crippen molar-refractivity contribution in [3.8, 4) is 0 Å².